The lowest BCUT2D eigenvalue weighted by atomic mass is 10.1. The summed E-state index contributed by atoms with van der Waals surface area (Å²) in [4.78, 5) is 31.0. The zero-order valence-electron chi connectivity index (χ0n) is 8.54. The molecule has 0 saturated carbocycles. The standard InChI is InChI=1S/C11H18O3/c12-9-5-3-1-2-4-7-11(14)8-6-10-13/h9-10H,1-8H2. The van der Waals surface area contributed by atoms with Crippen molar-refractivity contribution in [1.29, 1.82) is 0 Å². The highest BCUT2D eigenvalue weighted by atomic mass is 16.1. The summed E-state index contributed by atoms with van der Waals surface area (Å²) in [5.74, 6) is 0.174. The van der Waals surface area contributed by atoms with Gasteiger partial charge < -0.3 is 9.59 Å². The van der Waals surface area contributed by atoms with Gasteiger partial charge in [0.1, 0.15) is 18.4 Å². The molecule has 0 amide bonds. The van der Waals surface area contributed by atoms with Crippen molar-refractivity contribution in [2.75, 3.05) is 0 Å². The molecule has 0 atom stereocenters. The van der Waals surface area contributed by atoms with E-state index in [1.54, 1.807) is 0 Å². The Morgan fingerprint density at radius 3 is 2.07 bits per heavy atom. The number of ketones is 1. The molecule has 0 heterocycles. The largest absolute Gasteiger partial charge is 0.303 e. The molecule has 0 aliphatic rings. The van der Waals surface area contributed by atoms with Crippen LogP contribution in [0.5, 0.6) is 0 Å². The summed E-state index contributed by atoms with van der Waals surface area (Å²) >= 11 is 0. The third-order valence-electron chi connectivity index (χ3n) is 2.07. The summed E-state index contributed by atoms with van der Waals surface area (Å²) in [6.45, 7) is 0. The molecule has 3 heteroatoms. The first-order valence-corrected chi connectivity index (χ1v) is 5.20. The maximum atomic E-state index is 11.1. The molecular weight excluding hydrogens is 180 g/mol. The first-order valence-electron chi connectivity index (χ1n) is 5.20. The predicted molar refractivity (Wildman–Crippen MR) is 54.1 cm³/mol. The molecule has 0 aliphatic heterocycles. The number of hydrogen-bond acceptors (Lipinski definition) is 3. The van der Waals surface area contributed by atoms with Crippen molar-refractivity contribution in [3.8, 4) is 0 Å². The van der Waals surface area contributed by atoms with E-state index < -0.39 is 0 Å². The number of unbranched alkanes of at least 4 members (excludes halogenated alkanes) is 4. The third kappa shape index (κ3) is 9.10. The van der Waals surface area contributed by atoms with Crippen molar-refractivity contribution in [3.05, 3.63) is 0 Å². The Hall–Kier alpha value is -0.990. The fourth-order valence-electron chi connectivity index (χ4n) is 1.25. The molecule has 0 unspecified atom stereocenters. The number of aldehydes is 2. The SMILES string of the molecule is O=CCCCCCCC(=O)CCC=O. The number of rotatable bonds is 10. The summed E-state index contributed by atoms with van der Waals surface area (Å²) in [5, 5.41) is 0. The van der Waals surface area contributed by atoms with Gasteiger partial charge in [0.25, 0.3) is 0 Å². The van der Waals surface area contributed by atoms with E-state index in [1.165, 1.54) is 0 Å². The van der Waals surface area contributed by atoms with Gasteiger partial charge in [-0.3, -0.25) is 4.79 Å². The minimum atomic E-state index is 0.174. The lowest BCUT2D eigenvalue weighted by Crippen LogP contribution is -1.97. The predicted octanol–water partition coefficient (Wildman–Crippen LogP) is 2.07. The van der Waals surface area contributed by atoms with E-state index >= 15 is 0 Å². The van der Waals surface area contributed by atoms with Crippen LogP contribution in [-0.4, -0.2) is 18.4 Å². The highest BCUT2D eigenvalue weighted by Crippen LogP contribution is 2.06. The van der Waals surface area contributed by atoms with Crippen LogP contribution in [0.1, 0.15) is 51.4 Å². The summed E-state index contributed by atoms with van der Waals surface area (Å²) in [7, 11) is 0. The molecule has 0 saturated heterocycles. The topological polar surface area (TPSA) is 51.2 Å². The first kappa shape index (κ1) is 13.0. The van der Waals surface area contributed by atoms with E-state index in [9.17, 15) is 14.4 Å². The molecule has 0 bridgehead atoms. The molecule has 14 heavy (non-hydrogen) atoms. The van der Waals surface area contributed by atoms with Gasteiger partial charge in [-0.2, -0.15) is 0 Å². The maximum absolute atomic E-state index is 11.1. The average Bonchev–Trinajstić information content (AvgIpc) is 2.20. The second kappa shape index (κ2) is 10.1. The lowest BCUT2D eigenvalue weighted by Gasteiger charge is -1.98. The van der Waals surface area contributed by atoms with Crippen molar-refractivity contribution in [1.82, 2.24) is 0 Å². The summed E-state index contributed by atoms with van der Waals surface area (Å²) in [6.07, 6.45) is 7.47. The number of Topliss-reactive ketones (excluding diaryl/α,β-unsaturated/α-hetero) is 1. The number of carbonyl (C=O) groups is 3. The van der Waals surface area contributed by atoms with Gasteiger partial charge in [-0.05, 0) is 12.8 Å². The first-order chi connectivity index (χ1) is 6.81. The minimum Gasteiger partial charge on any atom is -0.303 e. The van der Waals surface area contributed by atoms with Crippen molar-refractivity contribution >= 4 is 18.4 Å². The molecule has 0 fully saturated rings. The van der Waals surface area contributed by atoms with E-state index in [4.69, 9.17) is 0 Å². The molecule has 0 aliphatic carbocycles. The van der Waals surface area contributed by atoms with Gasteiger partial charge in [-0.15, -0.1) is 0 Å². The van der Waals surface area contributed by atoms with Crippen LogP contribution in [0.2, 0.25) is 0 Å². The lowest BCUT2D eigenvalue weighted by molar-refractivity contribution is -0.120. The van der Waals surface area contributed by atoms with Gasteiger partial charge >= 0.3 is 0 Å². The van der Waals surface area contributed by atoms with E-state index in [0.29, 0.717) is 25.7 Å². The summed E-state index contributed by atoms with van der Waals surface area (Å²) in [6, 6.07) is 0. The van der Waals surface area contributed by atoms with Crippen molar-refractivity contribution in [2.24, 2.45) is 0 Å². The molecular formula is C11H18O3. The van der Waals surface area contributed by atoms with Gasteiger partial charge in [-0.25, -0.2) is 0 Å². The highest BCUT2D eigenvalue weighted by molar-refractivity contribution is 5.80. The smallest absolute Gasteiger partial charge is 0.133 e. The van der Waals surface area contributed by atoms with Crippen LogP contribution in [-0.2, 0) is 14.4 Å². The Balaban J connectivity index is 3.14. The quantitative estimate of drug-likeness (QED) is 0.399. The van der Waals surface area contributed by atoms with Crippen molar-refractivity contribution in [2.45, 2.75) is 51.4 Å². The molecule has 80 valence electrons. The molecule has 0 radical (unpaired) electrons. The molecule has 3 nitrogen and oxygen atoms in total. The van der Waals surface area contributed by atoms with Gasteiger partial charge in [0.05, 0.1) is 0 Å². The fourth-order valence-corrected chi connectivity index (χ4v) is 1.25. The van der Waals surface area contributed by atoms with Gasteiger partial charge in [-0.1, -0.05) is 12.8 Å². The van der Waals surface area contributed by atoms with E-state index in [2.05, 4.69) is 0 Å². The Morgan fingerprint density at radius 2 is 1.43 bits per heavy atom. The zero-order chi connectivity index (χ0) is 10.6. The van der Waals surface area contributed by atoms with Crippen molar-refractivity contribution in [3.63, 3.8) is 0 Å². The highest BCUT2D eigenvalue weighted by Gasteiger charge is 2.00. The molecule has 0 N–H and O–H groups in total. The van der Waals surface area contributed by atoms with Gasteiger partial charge in [0, 0.05) is 25.7 Å². The summed E-state index contributed by atoms with van der Waals surface area (Å²) < 4.78 is 0. The van der Waals surface area contributed by atoms with E-state index in [0.717, 1.165) is 38.3 Å². The molecule has 0 aromatic rings. The maximum Gasteiger partial charge on any atom is 0.133 e. The normalized spacial score (nSPS) is 9.71. The van der Waals surface area contributed by atoms with Crippen LogP contribution in [0.25, 0.3) is 0 Å². The van der Waals surface area contributed by atoms with Gasteiger partial charge in [0.2, 0.25) is 0 Å². The Bertz CT molecular complexity index is 175. The molecule has 0 spiro atoms. The summed E-state index contributed by atoms with van der Waals surface area (Å²) in [5.41, 5.74) is 0. The number of hydrogen-bond donors (Lipinski definition) is 0. The van der Waals surface area contributed by atoms with Gasteiger partial charge in [0.15, 0.2) is 0 Å². The van der Waals surface area contributed by atoms with Crippen LogP contribution in [0.3, 0.4) is 0 Å². The van der Waals surface area contributed by atoms with Crippen LogP contribution in [0, 0.1) is 0 Å². The van der Waals surface area contributed by atoms with Crippen LogP contribution in [0.15, 0.2) is 0 Å². The minimum absolute atomic E-state index is 0.174. The third-order valence-corrected chi connectivity index (χ3v) is 2.07. The number of carbonyl (C=O) groups excluding carboxylic acids is 3. The van der Waals surface area contributed by atoms with Crippen LogP contribution < -0.4 is 0 Å². The Kier molecular flexibility index (Phi) is 9.38. The molecule has 0 aromatic carbocycles. The molecule has 0 aromatic heterocycles. The van der Waals surface area contributed by atoms with E-state index in [1.807, 2.05) is 0 Å². The van der Waals surface area contributed by atoms with Crippen LogP contribution >= 0.6 is 0 Å². The second-order valence-corrected chi connectivity index (χ2v) is 3.36. The zero-order valence-corrected chi connectivity index (χ0v) is 8.54. The van der Waals surface area contributed by atoms with E-state index in [-0.39, 0.29) is 5.78 Å². The average molecular weight is 198 g/mol. The monoisotopic (exact) mass is 198 g/mol. The van der Waals surface area contributed by atoms with Crippen molar-refractivity contribution < 1.29 is 14.4 Å². The second-order valence-electron chi connectivity index (χ2n) is 3.36. The van der Waals surface area contributed by atoms with Crippen LogP contribution in [0.4, 0.5) is 0 Å². The molecule has 0 rings (SSSR count). The Labute approximate surface area is 84.9 Å². The fraction of sp³-hybridized carbons (Fsp3) is 0.727. The Morgan fingerprint density at radius 1 is 0.786 bits per heavy atom.